The van der Waals surface area contributed by atoms with Gasteiger partial charge in [0.25, 0.3) is 5.91 Å². The zero-order chi connectivity index (χ0) is 17.6. The number of halogens is 1. The van der Waals surface area contributed by atoms with Gasteiger partial charge in [-0.25, -0.2) is 0 Å². The maximum absolute atomic E-state index is 12.3. The number of hydrogen-bond acceptors (Lipinski definition) is 3. The minimum absolute atomic E-state index is 0.0447. The Morgan fingerprint density at radius 3 is 2.56 bits per heavy atom. The van der Waals surface area contributed by atoms with Gasteiger partial charge in [-0.3, -0.25) is 4.79 Å². The van der Waals surface area contributed by atoms with Gasteiger partial charge >= 0.3 is 0 Å². The van der Waals surface area contributed by atoms with Gasteiger partial charge in [-0.1, -0.05) is 23.7 Å². The lowest BCUT2D eigenvalue weighted by atomic mass is 10.1. The van der Waals surface area contributed by atoms with Crippen LogP contribution in [0.25, 0.3) is 0 Å². The van der Waals surface area contributed by atoms with Crippen LogP contribution in [-0.4, -0.2) is 38.8 Å². The molecule has 1 aliphatic heterocycles. The van der Waals surface area contributed by atoms with E-state index in [9.17, 15) is 4.79 Å². The molecule has 2 aromatic carbocycles. The van der Waals surface area contributed by atoms with E-state index in [0.717, 1.165) is 42.2 Å². The van der Waals surface area contributed by atoms with Crippen LogP contribution in [0.1, 0.15) is 22.3 Å². The molecule has 132 valence electrons. The van der Waals surface area contributed by atoms with Crippen molar-refractivity contribution in [2.24, 2.45) is 0 Å². The van der Waals surface area contributed by atoms with E-state index in [1.54, 1.807) is 7.11 Å². The molecule has 1 fully saturated rings. The average Bonchev–Trinajstić information content (AvgIpc) is 3.13. The number of nitrogens with one attached hydrogen (secondary N) is 1. The first-order valence-electron chi connectivity index (χ1n) is 8.56. The Morgan fingerprint density at radius 2 is 1.92 bits per heavy atom. The SMILES string of the molecule is CO[C@@H]1CCN(c2ccc(C(=O)NCCc3ccc(Cl)cc3)cc2)C1. The summed E-state index contributed by atoms with van der Waals surface area (Å²) in [6, 6.07) is 15.5. The Bertz CT molecular complexity index is 701. The van der Waals surface area contributed by atoms with E-state index < -0.39 is 0 Å². The number of carbonyl (C=O) groups is 1. The van der Waals surface area contributed by atoms with Crippen LogP contribution in [0.15, 0.2) is 48.5 Å². The molecule has 5 heteroatoms. The highest BCUT2D eigenvalue weighted by molar-refractivity contribution is 6.30. The second-order valence-corrected chi connectivity index (χ2v) is 6.71. The third-order valence-electron chi connectivity index (χ3n) is 4.59. The van der Waals surface area contributed by atoms with Crippen LogP contribution >= 0.6 is 11.6 Å². The molecule has 0 radical (unpaired) electrons. The lowest BCUT2D eigenvalue weighted by molar-refractivity contribution is 0.0954. The van der Waals surface area contributed by atoms with Crippen LogP contribution in [0.4, 0.5) is 5.69 Å². The van der Waals surface area contributed by atoms with Crippen molar-refractivity contribution in [3.63, 3.8) is 0 Å². The van der Waals surface area contributed by atoms with Crippen molar-refractivity contribution in [3.05, 3.63) is 64.7 Å². The minimum Gasteiger partial charge on any atom is -0.380 e. The number of carbonyl (C=O) groups excluding carboxylic acids is 1. The normalized spacial score (nSPS) is 16.9. The van der Waals surface area contributed by atoms with Crippen molar-refractivity contribution in [2.45, 2.75) is 18.9 Å². The van der Waals surface area contributed by atoms with Gasteiger partial charge in [0.15, 0.2) is 0 Å². The summed E-state index contributed by atoms with van der Waals surface area (Å²) in [5.41, 5.74) is 2.97. The molecule has 1 saturated heterocycles. The first-order valence-corrected chi connectivity index (χ1v) is 8.94. The van der Waals surface area contributed by atoms with E-state index in [2.05, 4.69) is 10.2 Å². The van der Waals surface area contributed by atoms with Gasteiger partial charge < -0.3 is 15.0 Å². The molecule has 1 atom stereocenters. The molecule has 3 rings (SSSR count). The molecule has 0 aliphatic carbocycles. The zero-order valence-electron chi connectivity index (χ0n) is 14.4. The van der Waals surface area contributed by atoms with Crippen molar-refractivity contribution in [3.8, 4) is 0 Å². The van der Waals surface area contributed by atoms with Crippen LogP contribution in [0.3, 0.4) is 0 Å². The Labute approximate surface area is 153 Å². The molecule has 0 aromatic heterocycles. The molecule has 4 nitrogen and oxygen atoms in total. The molecule has 1 heterocycles. The number of amides is 1. The summed E-state index contributed by atoms with van der Waals surface area (Å²) in [4.78, 5) is 14.5. The summed E-state index contributed by atoms with van der Waals surface area (Å²) in [5, 5.41) is 3.69. The molecule has 25 heavy (non-hydrogen) atoms. The molecular formula is C20H23ClN2O2. The minimum atomic E-state index is -0.0447. The Balaban J connectivity index is 1.50. The Kier molecular flexibility index (Phi) is 5.95. The molecule has 1 amide bonds. The molecule has 1 aliphatic rings. The van der Waals surface area contributed by atoms with Crippen LogP contribution in [0, 0.1) is 0 Å². The highest BCUT2D eigenvalue weighted by Gasteiger charge is 2.22. The van der Waals surface area contributed by atoms with Gasteiger partial charge in [-0.15, -0.1) is 0 Å². The highest BCUT2D eigenvalue weighted by atomic mass is 35.5. The molecule has 2 aromatic rings. The molecule has 0 spiro atoms. The summed E-state index contributed by atoms with van der Waals surface area (Å²) in [5.74, 6) is -0.0447. The van der Waals surface area contributed by atoms with Crippen molar-refractivity contribution >= 4 is 23.2 Å². The number of nitrogens with zero attached hydrogens (tertiary/aromatic N) is 1. The monoisotopic (exact) mass is 358 g/mol. The lowest BCUT2D eigenvalue weighted by Gasteiger charge is -2.18. The number of methoxy groups -OCH3 is 1. The summed E-state index contributed by atoms with van der Waals surface area (Å²) in [6.45, 7) is 2.50. The average molecular weight is 359 g/mol. The van der Waals surface area contributed by atoms with Gasteiger partial charge in [-0.05, 0) is 54.8 Å². The molecular weight excluding hydrogens is 336 g/mol. The van der Waals surface area contributed by atoms with Crippen molar-refractivity contribution in [2.75, 3.05) is 31.6 Å². The number of benzene rings is 2. The summed E-state index contributed by atoms with van der Waals surface area (Å²) >= 11 is 5.87. The number of ether oxygens (including phenoxy) is 1. The lowest BCUT2D eigenvalue weighted by Crippen LogP contribution is -2.26. The fraction of sp³-hybridized carbons (Fsp3) is 0.350. The molecule has 0 bridgehead atoms. The largest absolute Gasteiger partial charge is 0.380 e. The first kappa shape index (κ1) is 17.8. The van der Waals surface area contributed by atoms with Gasteiger partial charge in [0.05, 0.1) is 6.10 Å². The van der Waals surface area contributed by atoms with E-state index >= 15 is 0 Å². The third-order valence-corrected chi connectivity index (χ3v) is 4.84. The fourth-order valence-electron chi connectivity index (χ4n) is 3.05. The maximum Gasteiger partial charge on any atom is 0.251 e. The van der Waals surface area contributed by atoms with Gasteiger partial charge in [0, 0.05) is 43.0 Å². The first-order chi connectivity index (χ1) is 12.2. The topological polar surface area (TPSA) is 41.6 Å². The van der Waals surface area contributed by atoms with Crippen LogP contribution < -0.4 is 10.2 Å². The van der Waals surface area contributed by atoms with Gasteiger partial charge in [0.1, 0.15) is 0 Å². The third kappa shape index (κ3) is 4.74. The van der Waals surface area contributed by atoms with E-state index in [-0.39, 0.29) is 5.91 Å². The van der Waals surface area contributed by atoms with E-state index in [1.807, 2.05) is 48.5 Å². The van der Waals surface area contributed by atoms with E-state index in [0.29, 0.717) is 18.2 Å². The second kappa shape index (κ2) is 8.37. The Morgan fingerprint density at radius 1 is 1.20 bits per heavy atom. The number of rotatable bonds is 6. The molecule has 1 N–H and O–H groups in total. The summed E-state index contributed by atoms with van der Waals surface area (Å²) in [7, 11) is 1.76. The number of anilines is 1. The van der Waals surface area contributed by atoms with Crippen molar-refractivity contribution in [1.29, 1.82) is 0 Å². The molecule has 0 unspecified atom stereocenters. The fourth-order valence-corrected chi connectivity index (χ4v) is 3.18. The van der Waals surface area contributed by atoms with Crippen molar-refractivity contribution < 1.29 is 9.53 Å². The predicted molar refractivity (Wildman–Crippen MR) is 102 cm³/mol. The van der Waals surface area contributed by atoms with Gasteiger partial charge in [-0.2, -0.15) is 0 Å². The maximum atomic E-state index is 12.3. The highest BCUT2D eigenvalue weighted by Crippen LogP contribution is 2.22. The van der Waals surface area contributed by atoms with Gasteiger partial charge in [0.2, 0.25) is 0 Å². The smallest absolute Gasteiger partial charge is 0.251 e. The van der Waals surface area contributed by atoms with E-state index in [4.69, 9.17) is 16.3 Å². The molecule has 0 saturated carbocycles. The summed E-state index contributed by atoms with van der Waals surface area (Å²) < 4.78 is 5.40. The van der Waals surface area contributed by atoms with Crippen LogP contribution in [-0.2, 0) is 11.2 Å². The van der Waals surface area contributed by atoms with Crippen LogP contribution in [0.2, 0.25) is 5.02 Å². The summed E-state index contributed by atoms with van der Waals surface area (Å²) in [6.07, 6.45) is 2.13. The predicted octanol–water partition coefficient (Wildman–Crippen LogP) is 3.54. The van der Waals surface area contributed by atoms with E-state index in [1.165, 1.54) is 0 Å². The quantitative estimate of drug-likeness (QED) is 0.858. The second-order valence-electron chi connectivity index (χ2n) is 6.27. The van der Waals surface area contributed by atoms with Crippen LogP contribution in [0.5, 0.6) is 0 Å². The number of hydrogen-bond donors (Lipinski definition) is 1. The Hall–Kier alpha value is -2.04. The standard InChI is InChI=1S/C20H23ClN2O2/c1-25-19-11-13-23(14-19)18-8-4-16(5-9-18)20(24)22-12-10-15-2-6-17(21)7-3-15/h2-9,19H,10-14H2,1H3,(H,22,24)/t19-/m1/s1. The zero-order valence-corrected chi connectivity index (χ0v) is 15.1. The van der Waals surface area contributed by atoms with Crippen molar-refractivity contribution in [1.82, 2.24) is 5.32 Å².